The summed E-state index contributed by atoms with van der Waals surface area (Å²) >= 11 is 1.62. The standard InChI is InChI=1S/C27H26N2O4S2/c1-19(35(31,32)33)14-16-29-25-17-21-9-3-4-10-22(21)18-26(25)34-27(29)13-7-8-15-28-24-12-6-5-11-23(24)20(2)30/h3-13,15,17-19H,14,16H2,1-2H3,(H,31,32,33)/p+1. The summed E-state index contributed by atoms with van der Waals surface area (Å²) < 4.78 is 35.7. The molecule has 0 spiro atoms. The van der Waals surface area contributed by atoms with Crippen LogP contribution in [0.3, 0.4) is 0 Å². The number of fused-ring (bicyclic) bond motifs is 2. The van der Waals surface area contributed by atoms with E-state index in [4.69, 9.17) is 0 Å². The molecule has 2 N–H and O–H groups in total. The van der Waals surface area contributed by atoms with Crippen molar-refractivity contribution in [3.63, 3.8) is 0 Å². The fourth-order valence-corrected chi connectivity index (χ4v) is 5.38. The number of nitrogens with zero attached hydrogens (tertiary/aromatic N) is 1. The molecule has 35 heavy (non-hydrogen) atoms. The number of thiazole rings is 1. The second-order valence-electron chi connectivity index (χ2n) is 8.34. The number of aromatic nitrogens is 1. The van der Waals surface area contributed by atoms with Gasteiger partial charge in [-0.2, -0.15) is 13.0 Å². The number of rotatable bonds is 9. The second kappa shape index (κ2) is 10.5. The van der Waals surface area contributed by atoms with Crippen LogP contribution in [-0.4, -0.2) is 24.0 Å². The van der Waals surface area contributed by atoms with Gasteiger partial charge in [-0.1, -0.05) is 53.8 Å². The predicted octanol–water partition coefficient (Wildman–Crippen LogP) is 5.85. The number of hydrogen-bond acceptors (Lipinski definition) is 5. The number of carbonyl (C=O) groups is 1. The molecule has 1 atom stereocenters. The van der Waals surface area contributed by atoms with E-state index in [-0.39, 0.29) is 5.78 Å². The quantitative estimate of drug-likeness (QED) is 0.128. The molecule has 0 saturated carbocycles. The molecule has 0 aliphatic rings. The zero-order chi connectivity index (χ0) is 25.0. The van der Waals surface area contributed by atoms with Crippen LogP contribution in [0.1, 0.15) is 35.6 Å². The zero-order valence-corrected chi connectivity index (χ0v) is 21.1. The third-order valence-corrected chi connectivity index (χ3v) is 8.22. The zero-order valence-electron chi connectivity index (χ0n) is 19.5. The van der Waals surface area contributed by atoms with Crippen molar-refractivity contribution in [2.75, 3.05) is 5.32 Å². The first kappa shape index (κ1) is 24.8. The largest absolute Gasteiger partial charge is 0.361 e. The molecule has 0 radical (unpaired) electrons. The SMILES string of the molecule is CC(=O)c1ccccc1N/C=C/C=C/c1sc2cc3ccccc3cc2[n+]1CCC(C)S(=O)(=O)O. The number of ketones is 1. The number of anilines is 1. The highest BCUT2D eigenvalue weighted by Crippen LogP contribution is 2.27. The average Bonchev–Trinajstić information content (AvgIpc) is 3.16. The van der Waals surface area contributed by atoms with Gasteiger partial charge in [-0.15, -0.1) is 0 Å². The fourth-order valence-electron chi connectivity index (χ4n) is 3.85. The molecule has 6 nitrogen and oxygen atoms in total. The van der Waals surface area contributed by atoms with E-state index < -0.39 is 15.4 Å². The first-order valence-corrected chi connectivity index (χ1v) is 13.6. The lowest BCUT2D eigenvalue weighted by molar-refractivity contribution is -0.669. The second-order valence-corrected chi connectivity index (χ2v) is 11.2. The van der Waals surface area contributed by atoms with E-state index >= 15 is 0 Å². The highest BCUT2D eigenvalue weighted by atomic mass is 32.2. The molecule has 1 aromatic heterocycles. The molecule has 0 fully saturated rings. The van der Waals surface area contributed by atoms with Gasteiger partial charge in [0.2, 0.25) is 5.52 Å². The van der Waals surface area contributed by atoms with Crippen LogP contribution in [0.2, 0.25) is 0 Å². The number of allylic oxidation sites excluding steroid dienone is 2. The summed E-state index contributed by atoms with van der Waals surface area (Å²) in [5, 5.41) is 5.51. The molecule has 4 rings (SSSR count). The Kier molecular flexibility index (Phi) is 7.45. The third-order valence-electron chi connectivity index (χ3n) is 5.86. The van der Waals surface area contributed by atoms with Crippen LogP contribution >= 0.6 is 11.3 Å². The van der Waals surface area contributed by atoms with Crippen LogP contribution in [0.25, 0.3) is 27.1 Å². The minimum absolute atomic E-state index is 0.00475. The molecule has 180 valence electrons. The Hall–Kier alpha value is -3.33. The monoisotopic (exact) mass is 507 g/mol. The summed E-state index contributed by atoms with van der Waals surface area (Å²) in [7, 11) is -4.09. The number of carbonyl (C=O) groups excluding carboxylic acids is 1. The van der Waals surface area contributed by atoms with E-state index in [2.05, 4.69) is 34.1 Å². The van der Waals surface area contributed by atoms with Crippen molar-refractivity contribution < 1.29 is 22.3 Å². The number of aryl methyl sites for hydroxylation is 1. The Morgan fingerprint density at radius 1 is 1.09 bits per heavy atom. The normalized spacial score (nSPS) is 13.2. The van der Waals surface area contributed by atoms with E-state index in [0.29, 0.717) is 18.5 Å². The molecule has 0 saturated heterocycles. The van der Waals surface area contributed by atoms with Gasteiger partial charge in [0, 0.05) is 36.0 Å². The Balaban J connectivity index is 1.62. The van der Waals surface area contributed by atoms with Gasteiger partial charge in [0.15, 0.2) is 12.3 Å². The smallest absolute Gasteiger partial charge is 0.267 e. The lowest BCUT2D eigenvalue weighted by Gasteiger charge is -2.05. The molecular formula is C27H27N2O4S2+. The van der Waals surface area contributed by atoms with Gasteiger partial charge < -0.3 is 5.32 Å². The maximum absolute atomic E-state index is 11.8. The van der Waals surface area contributed by atoms with Gasteiger partial charge in [-0.05, 0) is 48.9 Å². The number of Topliss-reactive ketones (excluding diaryl/α,β-unsaturated/α-hetero) is 1. The lowest BCUT2D eigenvalue weighted by Crippen LogP contribution is -2.37. The Morgan fingerprint density at radius 2 is 1.77 bits per heavy atom. The molecule has 0 bridgehead atoms. The number of nitrogens with one attached hydrogen (secondary N) is 1. The molecule has 1 heterocycles. The highest BCUT2D eigenvalue weighted by molar-refractivity contribution is 7.86. The van der Waals surface area contributed by atoms with E-state index in [1.165, 1.54) is 13.8 Å². The van der Waals surface area contributed by atoms with Crippen molar-refractivity contribution in [1.82, 2.24) is 0 Å². The first-order valence-electron chi connectivity index (χ1n) is 11.2. The third kappa shape index (κ3) is 5.85. The summed E-state index contributed by atoms with van der Waals surface area (Å²) in [6.45, 7) is 3.51. The summed E-state index contributed by atoms with van der Waals surface area (Å²) in [5.41, 5.74) is 2.39. The van der Waals surface area contributed by atoms with E-state index in [1.54, 1.807) is 23.6 Å². The summed E-state index contributed by atoms with van der Waals surface area (Å²) in [6.07, 6.45) is 7.79. The van der Waals surface area contributed by atoms with Crippen molar-refractivity contribution in [3.8, 4) is 0 Å². The van der Waals surface area contributed by atoms with Crippen molar-refractivity contribution in [2.45, 2.75) is 32.1 Å². The average molecular weight is 508 g/mol. The molecule has 0 amide bonds. The minimum Gasteiger partial charge on any atom is -0.361 e. The molecule has 0 aliphatic carbocycles. The van der Waals surface area contributed by atoms with Crippen LogP contribution in [-0.2, 0) is 16.7 Å². The lowest BCUT2D eigenvalue weighted by atomic mass is 10.1. The fraction of sp³-hybridized carbons (Fsp3) is 0.185. The van der Waals surface area contributed by atoms with Crippen LogP contribution in [0.5, 0.6) is 0 Å². The molecule has 4 aromatic rings. The van der Waals surface area contributed by atoms with Crippen molar-refractivity contribution in [2.24, 2.45) is 0 Å². The molecule has 8 heteroatoms. The Bertz CT molecular complexity index is 1550. The molecule has 1 unspecified atom stereocenters. The Labute approximate surface area is 209 Å². The van der Waals surface area contributed by atoms with Gasteiger partial charge >= 0.3 is 0 Å². The van der Waals surface area contributed by atoms with E-state index in [9.17, 15) is 17.8 Å². The van der Waals surface area contributed by atoms with Gasteiger partial charge in [-0.3, -0.25) is 9.35 Å². The van der Waals surface area contributed by atoms with Gasteiger partial charge in [0.05, 0.1) is 5.25 Å². The van der Waals surface area contributed by atoms with Crippen LogP contribution in [0, 0.1) is 0 Å². The van der Waals surface area contributed by atoms with Crippen molar-refractivity contribution >= 4 is 60.0 Å². The van der Waals surface area contributed by atoms with Crippen molar-refractivity contribution in [3.05, 3.63) is 89.6 Å². The van der Waals surface area contributed by atoms with Crippen LogP contribution in [0.15, 0.2) is 79.0 Å². The van der Waals surface area contributed by atoms with Crippen LogP contribution in [0.4, 0.5) is 5.69 Å². The minimum atomic E-state index is -4.09. The number of para-hydroxylation sites is 1. The molecule has 0 aliphatic heterocycles. The molecular weight excluding hydrogens is 480 g/mol. The topological polar surface area (TPSA) is 87.4 Å². The first-order chi connectivity index (χ1) is 16.7. The maximum atomic E-state index is 11.8. The molecule has 3 aromatic carbocycles. The van der Waals surface area contributed by atoms with Gasteiger partial charge in [0.1, 0.15) is 4.70 Å². The van der Waals surface area contributed by atoms with E-state index in [1.807, 2.05) is 48.6 Å². The van der Waals surface area contributed by atoms with Gasteiger partial charge in [-0.25, -0.2) is 0 Å². The van der Waals surface area contributed by atoms with Crippen molar-refractivity contribution in [1.29, 1.82) is 0 Å². The maximum Gasteiger partial charge on any atom is 0.267 e. The van der Waals surface area contributed by atoms with Crippen LogP contribution < -0.4 is 9.88 Å². The number of hydrogen-bond donors (Lipinski definition) is 2. The summed E-state index contributed by atoms with van der Waals surface area (Å²) in [6, 6.07) is 19.7. The van der Waals surface area contributed by atoms with E-state index in [0.717, 1.165) is 31.7 Å². The number of benzene rings is 3. The Morgan fingerprint density at radius 3 is 2.49 bits per heavy atom. The summed E-state index contributed by atoms with van der Waals surface area (Å²) in [4.78, 5) is 11.8. The summed E-state index contributed by atoms with van der Waals surface area (Å²) in [5.74, 6) is -0.00475. The predicted molar refractivity (Wildman–Crippen MR) is 143 cm³/mol. The van der Waals surface area contributed by atoms with Gasteiger partial charge in [0.25, 0.3) is 15.1 Å². The highest BCUT2D eigenvalue weighted by Gasteiger charge is 2.24.